The summed E-state index contributed by atoms with van der Waals surface area (Å²) in [5.41, 5.74) is 0.482. The number of nitrogens with one attached hydrogen (secondary N) is 1. The maximum Gasteiger partial charge on any atom is 0.416 e. The summed E-state index contributed by atoms with van der Waals surface area (Å²) in [4.78, 5) is 37.1. The van der Waals surface area contributed by atoms with Gasteiger partial charge in [-0.2, -0.15) is 13.2 Å². The predicted octanol–water partition coefficient (Wildman–Crippen LogP) is 3.42. The minimum atomic E-state index is -4.33. The number of methoxy groups -OCH3 is 1. The number of halogens is 3. The first kappa shape index (κ1) is 23.4. The highest BCUT2D eigenvalue weighted by Gasteiger charge is 2.30. The Balaban J connectivity index is 1.38. The van der Waals surface area contributed by atoms with E-state index >= 15 is 0 Å². The molecule has 7 nitrogen and oxygen atoms in total. The Kier molecular flexibility index (Phi) is 6.55. The van der Waals surface area contributed by atoms with Crippen molar-refractivity contribution in [3.8, 4) is 0 Å². The number of H-pyrrole nitrogens is 1. The van der Waals surface area contributed by atoms with E-state index in [1.807, 2.05) is 0 Å². The number of hydrogen-bond acceptors (Lipinski definition) is 7. The number of fused-ring (bicyclic) bond motifs is 1. The number of aromatic nitrogens is 2. The van der Waals surface area contributed by atoms with Crippen LogP contribution in [0.3, 0.4) is 0 Å². The Bertz CT molecular complexity index is 1210. The zero-order chi connectivity index (χ0) is 23.8. The first-order chi connectivity index (χ1) is 15.7. The summed E-state index contributed by atoms with van der Waals surface area (Å²) in [5, 5.41) is 0.408. The van der Waals surface area contributed by atoms with Gasteiger partial charge in [0.2, 0.25) is 0 Å². The lowest BCUT2D eigenvalue weighted by Crippen LogP contribution is -2.45. The molecular formula is C22H23F3N4O3S. The highest BCUT2D eigenvalue weighted by Crippen LogP contribution is 2.29. The topological polar surface area (TPSA) is 78.5 Å². The number of aromatic amines is 1. The number of aryl methyl sites for hydroxylation is 1. The molecule has 1 aliphatic heterocycles. The molecule has 2 aromatic heterocycles. The summed E-state index contributed by atoms with van der Waals surface area (Å²) in [6, 6.07) is 5.26. The van der Waals surface area contributed by atoms with E-state index in [1.54, 1.807) is 6.92 Å². The van der Waals surface area contributed by atoms with Gasteiger partial charge in [0, 0.05) is 32.7 Å². The molecule has 1 fully saturated rings. The number of esters is 1. The molecule has 0 radical (unpaired) electrons. The van der Waals surface area contributed by atoms with E-state index in [0.29, 0.717) is 39.6 Å². The van der Waals surface area contributed by atoms with Crippen molar-refractivity contribution in [1.29, 1.82) is 0 Å². The van der Waals surface area contributed by atoms with Gasteiger partial charge in [-0.05, 0) is 30.2 Å². The monoisotopic (exact) mass is 480 g/mol. The number of alkyl halides is 3. The molecule has 0 atom stereocenters. The summed E-state index contributed by atoms with van der Waals surface area (Å²) in [6.07, 6.45) is -4.33. The number of rotatable bonds is 5. The average molecular weight is 481 g/mol. The van der Waals surface area contributed by atoms with Crippen LogP contribution in [0.1, 0.15) is 32.2 Å². The van der Waals surface area contributed by atoms with Gasteiger partial charge in [0.15, 0.2) is 0 Å². The maximum atomic E-state index is 12.7. The van der Waals surface area contributed by atoms with Crippen LogP contribution in [0, 0.1) is 6.92 Å². The molecule has 0 aliphatic carbocycles. The molecule has 1 aliphatic rings. The molecule has 1 N–H and O–H groups in total. The number of piperazine rings is 1. The summed E-state index contributed by atoms with van der Waals surface area (Å²) < 4.78 is 42.9. The highest BCUT2D eigenvalue weighted by atomic mass is 32.1. The lowest BCUT2D eigenvalue weighted by atomic mass is 10.1. The van der Waals surface area contributed by atoms with Crippen molar-refractivity contribution in [1.82, 2.24) is 19.8 Å². The molecule has 0 spiro atoms. The van der Waals surface area contributed by atoms with E-state index in [2.05, 4.69) is 19.8 Å². The minimum Gasteiger partial charge on any atom is -0.465 e. The molecule has 11 heteroatoms. The smallest absolute Gasteiger partial charge is 0.416 e. The molecular weight excluding hydrogens is 457 g/mol. The number of benzene rings is 1. The number of nitrogens with zero attached hydrogens (tertiary/aromatic N) is 3. The molecule has 3 aromatic rings. The molecule has 176 valence electrons. The second-order valence-electron chi connectivity index (χ2n) is 7.99. The summed E-state index contributed by atoms with van der Waals surface area (Å²) >= 11 is 1.15. The van der Waals surface area contributed by atoms with Crippen molar-refractivity contribution in [2.24, 2.45) is 0 Å². The van der Waals surface area contributed by atoms with Crippen molar-refractivity contribution in [3.05, 3.63) is 62.0 Å². The van der Waals surface area contributed by atoms with E-state index in [0.717, 1.165) is 55.2 Å². The number of ether oxygens (including phenoxy) is 1. The van der Waals surface area contributed by atoms with Gasteiger partial charge < -0.3 is 9.72 Å². The van der Waals surface area contributed by atoms with E-state index < -0.39 is 17.7 Å². The quantitative estimate of drug-likeness (QED) is 0.564. The normalized spacial score (nSPS) is 15.8. The predicted molar refractivity (Wildman–Crippen MR) is 118 cm³/mol. The standard InChI is InChI=1S/C22H23F3N4O3S/c1-13-17-19(30)26-16(27-20(17)33-18(13)21(31)32-2)12-29-9-7-28(8-10-29)11-14-3-5-15(6-4-14)22(23,24)25/h3-6H,7-12H2,1-2H3,(H,26,27,30). The Morgan fingerprint density at radius 3 is 2.30 bits per heavy atom. The van der Waals surface area contributed by atoms with Crippen molar-refractivity contribution in [3.63, 3.8) is 0 Å². The Hall–Kier alpha value is -2.76. The van der Waals surface area contributed by atoms with Crippen molar-refractivity contribution >= 4 is 27.5 Å². The van der Waals surface area contributed by atoms with Crippen molar-refractivity contribution in [2.45, 2.75) is 26.2 Å². The molecule has 0 amide bonds. The fourth-order valence-corrected chi connectivity index (χ4v) is 5.04. The zero-order valence-electron chi connectivity index (χ0n) is 18.2. The number of carbonyl (C=O) groups excluding carboxylic acids is 1. The van der Waals surface area contributed by atoms with Gasteiger partial charge in [-0.3, -0.25) is 14.6 Å². The third kappa shape index (κ3) is 5.10. The van der Waals surface area contributed by atoms with Gasteiger partial charge in [0.25, 0.3) is 5.56 Å². The molecule has 1 aromatic carbocycles. The summed E-state index contributed by atoms with van der Waals surface area (Å²) in [7, 11) is 1.30. The minimum absolute atomic E-state index is 0.278. The molecule has 1 saturated heterocycles. The fourth-order valence-electron chi connectivity index (χ4n) is 3.93. The molecule has 4 rings (SSSR count). The lowest BCUT2D eigenvalue weighted by molar-refractivity contribution is -0.137. The number of hydrogen-bond donors (Lipinski definition) is 1. The number of carbonyl (C=O) groups is 1. The second-order valence-corrected chi connectivity index (χ2v) is 8.99. The van der Waals surface area contributed by atoms with E-state index in [4.69, 9.17) is 4.74 Å². The first-order valence-electron chi connectivity index (χ1n) is 10.4. The Labute approximate surface area is 191 Å². The molecule has 0 saturated carbocycles. The number of thiophene rings is 1. The van der Waals surface area contributed by atoms with Crippen molar-refractivity contribution < 1.29 is 22.7 Å². The van der Waals surface area contributed by atoms with Crippen molar-refractivity contribution in [2.75, 3.05) is 33.3 Å². The van der Waals surface area contributed by atoms with Crippen LogP contribution >= 0.6 is 11.3 Å². The van der Waals surface area contributed by atoms with Gasteiger partial charge in [-0.25, -0.2) is 9.78 Å². The second kappa shape index (κ2) is 9.24. The van der Waals surface area contributed by atoms with Crippen LogP contribution in [0.5, 0.6) is 0 Å². The van der Waals surface area contributed by atoms with Gasteiger partial charge >= 0.3 is 12.1 Å². The van der Waals surface area contributed by atoms with Crippen LogP contribution in [0.4, 0.5) is 13.2 Å². The molecule has 33 heavy (non-hydrogen) atoms. The van der Waals surface area contributed by atoms with Gasteiger partial charge in [0.05, 0.1) is 24.6 Å². The van der Waals surface area contributed by atoms with Crippen LogP contribution < -0.4 is 5.56 Å². The van der Waals surface area contributed by atoms with Crippen LogP contribution in [-0.2, 0) is 24.0 Å². The van der Waals surface area contributed by atoms with Crippen LogP contribution in [0.25, 0.3) is 10.2 Å². The third-order valence-electron chi connectivity index (χ3n) is 5.75. The Morgan fingerprint density at radius 2 is 1.73 bits per heavy atom. The largest absolute Gasteiger partial charge is 0.465 e. The van der Waals surface area contributed by atoms with E-state index in [9.17, 15) is 22.8 Å². The van der Waals surface area contributed by atoms with E-state index in [1.165, 1.54) is 19.2 Å². The molecule has 3 heterocycles. The van der Waals surface area contributed by atoms with Crippen LogP contribution in [0.15, 0.2) is 29.1 Å². The molecule has 0 bridgehead atoms. The zero-order valence-corrected chi connectivity index (χ0v) is 19.0. The van der Waals surface area contributed by atoms with Crippen LogP contribution in [0.2, 0.25) is 0 Å². The lowest BCUT2D eigenvalue weighted by Gasteiger charge is -2.34. The average Bonchev–Trinajstić information content (AvgIpc) is 3.11. The van der Waals surface area contributed by atoms with E-state index in [-0.39, 0.29) is 5.56 Å². The first-order valence-corrected chi connectivity index (χ1v) is 11.2. The summed E-state index contributed by atoms with van der Waals surface area (Å²) in [5.74, 6) is 0.0435. The summed E-state index contributed by atoms with van der Waals surface area (Å²) in [6.45, 7) is 5.72. The van der Waals surface area contributed by atoms with Gasteiger partial charge in [0.1, 0.15) is 15.5 Å². The third-order valence-corrected chi connectivity index (χ3v) is 6.91. The fraction of sp³-hybridized carbons (Fsp3) is 0.409. The molecule has 0 unspecified atom stereocenters. The van der Waals surface area contributed by atoms with Crippen LogP contribution in [-0.4, -0.2) is 59.0 Å². The SMILES string of the molecule is COC(=O)c1sc2nc(CN3CCN(Cc4ccc(C(F)(F)F)cc4)CC3)[nH]c(=O)c2c1C. The van der Waals surface area contributed by atoms with Gasteiger partial charge in [-0.1, -0.05) is 12.1 Å². The van der Waals surface area contributed by atoms with Gasteiger partial charge in [-0.15, -0.1) is 11.3 Å². The maximum absolute atomic E-state index is 12.7. The Morgan fingerprint density at radius 1 is 1.12 bits per heavy atom. The highest BCUT2D eigenvalue weighted by molar-refractivity contribution is 7.20.